The average molecular weight is 292 g/mol. The third-order valence-corrected chi connectivity index (χ3v) is 4.14. The third kappa shape index (κ3) is 4.05. The number of carbonyl (C=O) groups is 1. The summed E-state index contributed by atoms with van der Waals surface area (Å²) < 4.78 is 0. The maximum atomic E-state index is 12.3. The molecular formula is C16H28N4O. The van der Waals surface area contributed by atoms with E-state index in [1.54, 1.807) is 0 Å². The van der Waals surface area contributed by atoms with Crippen molar-refractivity contribution in [3.05, 3.63) is 11.6 Å². The average Bonchev–Trinajstić information content (AvgIpc) is 2.72. The molecule has 0 aromatic carbocycles. The van der Waals surface area contributed by atoms with Crippen LogP contribution < -0.4 is 5.32 Å². The lowest BCUT2D eigenvalue weighted by Gasteiger charge is -2.45. The zero-order valence-corrected chi connectivity index (χ0v) is 14.1. The Labute approximate surface area is 127 Å². The van der Waals surface area contributed by atoms with E-state index in [0.29, 0.717) is 0 Å². The molecule has 2 rings (SSSR count). The first kappa shape index (κ1) is 16.0. The summed E-state index contributed by atoms with van der Waals surface area (Å²) in [6, 6.07) is 0.192. The van der Waals surface area contributed by atoms with Crippen molar-refractivity contribution >= 4 is 5.91 Å². The van der Waals surface area contributed by atoms with Crippen LogP contribution in [0.2, 0.25) is 0 Å². The van der Waals surface area contributed by atoms with Crippen molar-refractivity contribution in [2.75, 3.05) is 0 Å². The van der Waals surface area contributed by atoms with Gasteiger partial charge in [0.25, 0.3) is 5.91 Å². The Kier molecular flexibility index (Phi) is 4.13. The zero-order valence-electron chi connectivity index (χ0n) is 14.1. The van der Waals surface area contributed by atoms with E-state index >= 15 is 0 Å². The molecular weight excluding hydrogens is 264 g/mol. The van der Waals surface area contributed by atoms with Crippen LogP contribution in [0.25, 0.3) is 0 Å². The lowest BCUT2D eigenvalue weighted by atomic mass is 9.63. The number of hydrogen-bond donors (Lipinski definition) is 2. The summed E-state index contributed by atoms with van der Waals surface area (Å²) in [5, 5.41) is 9.98. The van der Waals surface area contributed by atoms with E-state index in [1.165, 1.54) is 6.42 Å². The van der Waals surface area contributed by atoms with Gasteiger partial charge in [-0.1, -0.05) is 41.5 Å². The van der Waals surface area contributed by atoms with Crippen molar-refractivity contribution < 1.29 is 4.79 Å². The smallest absolute Gasteiger partial charge is 0.291 e. The molecule has 1 aliphatic rings. The highest BCUT2D eigenvalue weighted by Crippen LogP contribution is 2.45. The lowest BCUT2D eigenvalue weighted by molar-refractivity contribution is 0.0707. The molecule has 1 saturated carbocycles. The number of nitrogens with zero attached hydrogens (tertiary/aromatic N) is 2. The monoisotopic (exact) mass is 292 g/mol. The molecule has 0 atom stereocenters. The molecule has 1 amide bonds. The molecule has 1 aromatic heterocycles. The van der Waals surface area contributed by atoms with Gasteiger partial charge in [0.15, 0.2) is 0 Å². The van der Waals surface area contributed by atoms with Gasteiger partial charge in [-0.05, 0) is 30.1 Å². The van der Waals surface area contributed by atoms with Crippen molar-refractivity contribution in [3.63, 3.8) is 0 Å². The van der Waals surface area contributed by atoms with Gasteiger partial charge in [-0.3, -0.25) is 9.89 Å². The number of rotatable bonds is 3. The number of hydrogen-bond acceptors (Lipinski definition) is 3. The van der Waals surface area contributed by atoms with Gasteiger partial charge in [0, 0.05) is 12.0 Å². The number of aromatic amines is 1. The largest absolute Gasteiger partial charge is 0.346 e. The van der Waals surface area contributed by atoms with Gasteiger partial charge in [-0.2, -0.15) is 0 Å². The first-order valence-corrected chi connectivity index (χ1v) is 7.81. The first-order valence-electron chi connectivity index (χ1n) is 7.81. The number of H-pyrrole nitrogens is 1. The maximum Gasteiger partial charge on any atom is 0.291 e. The normalized spacial score (nSPS) is 21.5. The Morgan fingerprint density at radius 3 is 2.29 bits per heavy atom. The van der Waals surface area contributed by atoms with Crippen molar-refractivity contribution in [1.82, 2.24) is 20.5 Å². The van der Waals surface area contributed by atoms with E-state index in [0.717, 1.165) is 18.7 Å². The van der Waals surface area contributed by atoms with Crippen LogP contribution >= 0.6 is 0 Å². The molecule has 0 spiro atoms. The fraction of sp³-hybridized carbons (Fsp3) is 0.812. The Morgan fingerprint density at radius 2 is 1.81 bits per heavy atom. The van der Waals surface area contributed by atoms with E-state index in [1.807, 2.05) is 13.8 Å². The quantitative estimate of drug-likeness (QED) is 0.898. The van der Waals surface area contributed by atoms with Crippen molar-refractivity contribution in [1.29, 1.82) is 0 Å². The van der Waals surface area contributed by atoms with Crippen molar-refractivity contribution in [3.8, 4) is 0 Å². The first-order chi connectivity index (χ1) is 9.58. The van der Waals surface area contributed by atoms with Gasteiger partial charge in [0.1, 0.15) is 5.82 Å². The molecule has 5 nitrogen and oxygen atoms in total. The van der Waals surface area contributed by atoms with Crippen LogP contribution in [0.3, 0.4) is 0 Å². The SMILES string of the molecule is CC(C)c1nc(C(=O)NC2CC(C)(C)CC(C)(C)C2)n[nH]1. The predicted octanol–water partition coefficient (Wildman–Crippen LogP) is 3.26. The molecule has 1 aromatic rings. The van der Waals surface area contributed by atoms with Gasteiger partial charge < -0.3 is 5.32 Å². The Hall–Kier alpha value is -1.39. The summed E-state index contributed by atoms with van der Waals surface area (Å²) in [5.41, 5.74) is 0.504. The summed E-state index contributed by atoms with van der Waals surface area (Å²) in [4.78, 5) is 16.6. The van der Waals surface area contributed by atoms with Gasteiger partial charge in [-0.25, -0.2) is 4.98 Å². The second-order valence-corrected chi connectivity index (χ2v) is 8.28. The summed E-state index contributed by atoms with van der Waals surface area (Å²) >= 11 is 0. The molecule has 0 bridgehead atoms. The molecule has 0 saturated heterocycles. The van der Waals surface area contributed by atoms with Crippen LogP contribution in [0.1, 0.15) is 83.2 Å². The summed E-state index contributed by atoms with van der Waals surface area (Å²) in [5.74, 6) is 1.08. The molecule has 1 fully saturated rings. The second kappa shape index (κ2) is 5.43. The number of aromatic nitrogens is 3. The van der Waals surface area contributed by atoms with Gasteiger partial charge in [0.2, 0.25) is 5.82 Å². The molecule has 2 N–H and O–H groups in total. The second-order valence-electron chi connectivity index (χ2n) is 8.28. The summed E-state index contributed by atoms with van der Waals surface area (Å²) in [6.07, 6.45) is 3.19. The van der Waals surface area contributed by atoms with Crippen LogP contribution in [-0.2, 0) is 0 Å². The number of nitrogens with one attached hydrogen (secondary N) is 2. The van der Waals surface area contributed by atoms with Gasteiger partial charge in [0.05, 0.1) is 0 Å². The lowest BCUT2D eigenvalue weighted by Crippen LogP contribution is -2.46. The van der Waals surface area contributed by atoms with E-state index in [-0.39, 0.29) is 34.5 Å². The highest BCUT2D eigenvalue weighted by Gasteiger charge is 2.39. The zero-order chi connectivity index (χ0) is 15.8. The highest BCUT2D eigenvalue weighted by atomic mass is 16.2. The summed E-state index contributed by atoms with van der Waals surface area (Å²) in [7, 11) is 0. The van der Waals surface area contributed by atoms with Crippen LogP contribution in [0.5, 0.6) is 0 Å². The molecule has 0 unspecified atom stereocenters. The highest BCUT2D eigenvalue weighted by molar-refractivity contribution is 5.90. The topological polar surface area (TPSA) is 70.7 Å². The van der Waals surface area contributed by atoms with Crippen LogP contribution in [0, 0.1) is 10.8 Å². The number of amides is 1. The maximum absolute atomic E-state index is 12.3. The minimum absolute atomic E-state index is 0.170. The summed E-state index contributed by atoms with van der Waals surface area (Å²) in [6.45, 7) is 13.1. The van der Waals surface area contributed by atoms with Gasteiger partial charge in [-0.15, -0.1) is 5.10 Å². The minimum Gasteiger partial charge on any atom is -0.346 e. The standard InChI is InChI=1S/C16H28N4O/c1-10(2)12-18-13(20-19-12)14(21)17-11-7-15(3,4)9-16(5,6)8-11/h10-11H,7-9H2,1-6H3,(H,17,21)(H,18,19,20). The number of carbonyl (C=O) groups excluding carboxylic acids is 1. The van der Waals surface area contributed by atoms with Crippen LogP contribution in [0.4, 0.5) is 0 Å². The molecule has 0 radical (unpaired) electrons. The molecule has 0 aliphatic heterocycles. The van der Waals surface area contributed by atoms with Crippen LogP contribution in [0.15, 0.2) is 0 Å². The Bertz CT molecular complexity index is 500. The molecule has 5 heteroatoms. The molecule has 1 aliphatic carbocycles. The van der Waals surface area contributed by atoms with E-state index in [4.69, 9.17) is 0 Å². The van der Waals surface area contributed by atoms with E-state index in [2.05, 4.69) is 48.2 Å². The fourth-order valence-corrected chi connectivity index (χ4v) is 3.83. The van der Waals surface area contributed by atoms with Gasteiger partial charge >= 0.3 is 0 Å². The molecule has 118 valence electrons. The van der Waals surface area contributed by atoms with Crippen molar-refractivity contribution in [2.24, 2.45) is 10.8 Å². The predicted molar refractivity (Wildman–Crippen MR) is 83.1 cm³/mol. The minimum atomic E-state index is -0.170. The van der Waals surface area contributed by atoms with Crippen LogP contribution in [-0.4, -0.2) is 27.1 Å². The third-order valence-electron chi connectivity index (χ3n) is 4.14. The molecule has 21 heavy (non-hydrogen) atoms. The van der Waals surface area contributed by atoms with E-state index in [9.17, 15) is 4.79 Å². The Balaban J connectivity index is 2.04. The van der Waals surface area contributed by atoms with Crippen molar-refractivity contribution in [2.45, 2.75) is 72.8 Å². The van der Waals surface area contributed by atoms with E-state index < -0.39 is 0 Å². The molecule has 1 heterocycles. The fourth-order valence-electron chi connectivity index (χ4n) is 3.83. The Morgan fingerprint density at radius 1 is 1.24 bits per heavy atom.